The van der Waals surface area contributed by atoms with Crippen molar-refractivity contribution in [3.05, 3.63) is 30.5 Å². The van der Waals surface area contributed by atoms with Gasteiger partial charge >= 0.3 is 12.0 Å². The fourth-order valence-electron chi connectivity index (χ4n) is 4.74. The summed E-state index contributed by atoms with van der Waals surface area (Å²) in [6.07, 6.45) is 7.36. The van der Waals surface area contributed by atoms with Gasteiger partial charge < -0.3 is 4.74 Å². The van der Waals surface area contributed by atoms with Gasteiger partial charge in [-0.25, -0.2) is 26.6 Å². The van der Waals surface area contributed by atoms with Gasteiger partial charge in [-0.1, -0.05) is 24.2 Å². The maximum atomic E-state index is 13.3. The Kier molecular flexibility index (Phi) is 8.21. The summed E-state index contributed by atoms with van der Waals surface area (Å²) < 4.78 is 55.8. The Balaban J connectivity index is 1.54. The second-order valence-electron chi connectivity index (χ2n) is 9.24. The molecule has 0 unspecified atom stereocenters. The predicted octanol–water partition coefficient (Wildman–Crippen LogP) is 3.10. The van der Waals surface area contributed by atoms with Crippen molar-refractivity contribution in [2.45, 2.75) is 53.7 Å². The van der Waals surface area contributed by atoms with Crippen molar-refractivity contribution < 1.29 is 31.2 Å². The number of esters is 1. The van der Waals surface area contributed by atoms with E-state index in [4.69, 9.17) is 4.74 Å². The van der Waals surface area contributed by atoms with E-state index in [0.717, 1.165) is 47.6 Å². The van der Waals surface area contributed by atoms with E-state index in [0.29, 0.717) is 31.0 Å². The van der Waals surface area contributed by atoms with Crippen LogP contribution >= 0.6 is 11.3 Å². The number of hydrogen-bond acceptors (Lipinski definition) is 9. The van der Waals surface area contributed by atoms with Crippen LogP contribution in [-0.4, -0.2) is 70.6 Å². The summed E-state index contributed by atoms with van der Waals surface area (Å²) in [6, 6.07) is 4.72. The molecule has 2 fully saturated rings. The quantitative estimate of drug-likeness (QED) is 0.477. The molecular formula is C23H30N4O7S3. The van der Waals surface area contributed by atoms with E-state index >= 15 is 0 Å². The summed E-state index contributed by atoms with van der Waals surface area (Å²) in [6.45, 7) is 0.634. The van der Waals surface area contributed by atoms with Crippen LogP contribution in [0.5, 0.6) is 0 Å². The number of thiazole rings is 1. The topological polar surface area (TPSA) is 143 Å². The average Bonchev–Trinajstić information content (AvgIpc) is 3.63. The molecule has 1 saturated heterocycles. The fraction of sp³-hybridized carbons (Fsp3) is 0.522. The Hall–Kier alpha value is -2.55. The molecule has 202 valence electrons. The Morgan fingerprint density at radius 3 is 2.41 bits per heavy atom. The van der Waals surface area contributed by atoms with E-state index < -0.39 is 37.9 Å². The third-order valence-corrected chi connectivity index (χ3v) is 11.1. The highest BCUT2D eigenvalue weighted by molar-refractivity contribution is 7.91. The molecule has 2 aliphatic rings. The number of hydrogen-bond donors (Lipinski definition) is 1. The first-order valence-corrected chi connectivity index (χ1v) is 16.1. The van der Waals surface area contributed by atoms with Crippen molar-refractivity contribution in [1.29, 1.82) is 0 Å². The number of amides is 2. The standard InChI is InChI=1S/C23H30N4O7S3/c1-34-21(28)19-8-5-13-27(19)37(32,33)20-14-24-22(35-20)25-23(29)26(15-16-6-3-4-7-16)17-9-11-18(12-10-17)36(2,30)31/h9-12,14,16,19H,3-8,13,15H2,1-2H3,(H,24,25,29)/t19-/m0/s1. The van der Waals surface area contributed by atoms with E-state index in [1.807, 2.05) is 0 Å². The van der Waals surface area contributed by atoms with Gasteiger partial charge in [-0.3, -0.25) is 15.0 Å². The Bertz CT molecular complexity index is 1350. The molecule has 0 spiro atoms. The number of aromatic nitrogens is 1. The maximum Gasteiger partial charge on any atom is 0.328 e. The van der Waals surface area contributed by atoms with Crippen molar-refractivity contribution in [2.24, 2.45) is 5.92 Å². The molecule has 14 heteroatoms. The van der Waals surface area contributed by atoms with Gasteiger partial charge in [-0.15, -0.1) is 0 Å². The highest BCUT2D eigenvalue weighted by Crippen LogP contribution is 2.32. The molecule has 2 aromatic rings. The summed E-state index contributed by atoms with van der Waals surface area (Å²) in [5.74, 6) is -0.304. The zero-order valence-corrected chi connectivity index (χ0v) is 23.1. The molecule has 0 bridgehead atoms. The molecule has 1 N–H and O–H groups in total. The highest BCUT2D eigenvalue weighted by atomic mass is 32.2. The number of carbonyl (C=O) groups is 2. The lowest BCUT2D eigenvalue weighted by Gasteiger charge is -2.26. The molecule has 1 aliphatic heterocycles. The smallest absolute Gasteiger partial charge is 0.328 e. The fourth-order valence-corrected chi connectivity index (χ4v) is 8.17. The van der Waals surface area contributed by atoms with Gasteiger partial charge in [-0.05, 0) is 55.9 Å². The van der Waals surface area contributed by atoms with Crippen LogP contribution in [0.25, 0.3) is 0 Å². The van der Waals surface area contributed by atoms with E-state index in [9.17, 15) is 26.4 Å². The van der Waals surface area contributed by atoms with Gasteiger partial charge in [0.1, 0.15) is 6.04 Å². The van der Waals surface area contributed by atoms with Crippen molar-refractivity contribution in [3.8, 4) is 0 Å². The van der Waals surface area contributed by atoms with Gasteiger partial charge in [0.05, 0.1) is 18.2 Å². The van der Waals surface area contributed by atoms with Crippen LogP contribution in [0.3, 0.4) is 0 Å². The number of methoxy groups -OCH3 is 1. The maximum absolute atomic E-state index is 13.3. The molecule has 2 amide bonds. The van der Waals surface area contributed by atoms with Crippen LogP contribution in [0, 0.1) is 5.92 Å². The molecule has 1 atom stereocenters. The number of ether oxygens (including phenoxy) is 1. The Labute approximate surface area is 220 Å². The first kappa shape index (κ1) is 27.5. The van der Waals surface area contributed by atoms with Gasteiger partial charge in [0.2, 0.25) is 0 Å². The molecule has 1 aromatic heterocycles. The first-order chi connectivity index (χ1) is 17.5. The molecule has 1 aliphatic carbocycles. The minimum atomic E-state index is -4.00. The number of anilines is 2. The Morgan fingerprint density at radius 2 is 1.78 bits per heavy atom. The zero-order chi connectivity index (χ0) is 26.8. The van der Waals surface area contributed by atoms with Gasteiger partial charge in [0.25, 0.3) is 10.0 Å². The van der Waals surface area contributed by atoms with Crippen LogP contribution in [0.4, 0.5) is 15.6 Å². The number of carbonyl (C=O) groups excluding carboxylic acids is 2. The van der Waals surface area contributed by atoms with Crippen LogP contribution in [0.2, 0.25) is 0 Å². The molecule has 2 heterocycles. The number of sulfonamides is 1. The zero-order valence-electron chi connectivity index (χ0n) is 20.6. The Morgan fingerprint density at radius 1 is 1.11 bits per heavy atom. The van der Waals surface area contributed by atoms with E-state index in [1.54, 1.807) is 12.1 Å². The summed E-state index contributed by atoms with van der Waals surface area (Å²) in [7, 11) is -6.16. The summed E-state index contributed by atoms with van der Waals surface area (Å²) >= 11 is 0.807. The summed E-state index contributed by atoms with van der Waals surface area (Å²) in [5.41, 5.74) is 0.527. The third-order valence-electron chi connectivity index (χ3n) is 6.68. The van der Waals surface area contributed by atoms with Crippen LogP contribution < -0.4 is 10.2 Å². The normalized spacial score (nSPS) is 19.1. The SMILES string of the molecule is COC(=O)[C@@H]1CCCN1S(=O)(=O)c1cnc(NC(=O)N(CC2CCCC2)c2ccc(S(C)(=O)=O)cc2)s1. The molecule has 0 radical (unpaired) electrons. The monoisotopic (exact) mass is 570 g/mol. The van der Waals surface area contributed by atoms with Crippen LogP contribution in [0.1, 0.15) is 38.5 Å². The molecule has 1 aromatic carbocycles. The molecule has 37 heavy (non-hydrogen) atoms. The number of benzene rings is 1. The van der Waals surface area contributed by atoms with Gasteiger partial charge in [0.15, 0.2) is 19.2 Å². The second kappa shape index (κ2) is 11.1. The minimum absolute atomic E-state index is 0.0848. The molecule has 11 nitrogen and oxygen atoms in total. The van der Waals surface area contributed by atoms with E-state index in [-0.39, 0.29) is 20.8 Å². The van der Waals surface area contributed by atoms with Gasteiger partial charge in [-0.2, -0.15) is 4.31 Å². The average molecular weight is 571 g/mol. The molecule has 1 saturated carbocycles. The molecular weight excluding hydrogens is 540 g/mol. The summed E-state index contributed by atoms with van der Waals surface area (Å²) in [4.78, 5) is 31.1. The largest absolute Gasteiger partial charge is 0.468 e. The first-order valence-electron chi connectivity index (χ1n) is 11.9. The lowest BCUT2D eigenvalue weighted by atomic mass is 10.1. The predicted molar refractivity (Wildman–Crippen MR) is 139 cm³/mol. The van der Waals surface area contributed by atoms with Crippen molar-refractivity contribution in [2.75, 3.05) is 36.7 Å². The van der Waals surface area contributed by atoms with Crippen molar-refractivity contribution in [1.82, 2.24) is 9.29 Å². The van der Waals surface area contributed by atoms with Gasteiger partial charge in [0, 0.05) is 25.0 Å². The van der Waals surface area contributed by atoms with Crippen LogP contribution in [0.15, 0.2) is 39.6 Å². The lowest BCUT2D eigenvalue weighted by Crippen LogP contribution is -2.40. The van der Waals surface area contributed by atoms with Crippen LogP contribution in [-0.2, 0) is 29.4 Å². The number of sulfone groups is 1. The number of nitrogens with one attached hydrogen (secondary N) is 1. The number of urea groups is 1. The lowest BCUT2D eigenvalue weighted by molar-refractivity contribution is -0.144. The third kappa shape index (κ3) is 6.13. The highest BCUT2D eigenvalue weighted by Gasteiger charge is 2.41. The number of nitrogens with zero attached hydrogens (tertiary/aromatic N) is 3. The second-order valence-corrected chi connectivity index (χ2v) is 14.4. The van der Waals surface area contributed by atoms with Crippen molar-refractivity contribution >= 4 is 54.0 Å². The molecule has 4 rings (SSSR count). The summed E-state index contributed by atoms with van der Waals surface area (Å²) in [5, 5.41) is 2.79. The van der Waals surface area contributed by atoms with E-state index in [1.165, 1.54) is 30.3 Å². The van der Waals surface area contributed by atoms with Crippen molar-refractivity contribution in [3.63, 3.8) is 0 Å². The number of rotatable bonds is 8. The minimum Gasteiger partial charge on any atom is -0.468 e. The van der Waals surface area contributed by atoms with E-state index in [2.05, 4.69) is 10.3 Å².